The highest BCUT2D eigenvalue weighted by Gasteiger charge is 2.27. The van der Waals surface area contributed by atoms with E-state index in [0.717, 1.165) is 24.0 Å². The van der Waals surface area contributed by atoms with Gasteiger partial charge in [-0.3, -0.25) is 9.59 Å². The van der Waals surface area contributed by atoms with Crippen molar-refractivity contribution in [3.8, 4) is 12.1 Å². The monoisotopic (exact) mass is 554 g/mol. The summed E-state index contributed by atoms with van der Waals surface area (Å²) in [6.45, 7) is 0.858. The van der Waals surface area contributed by atoms with Gasteiger partial charge in [0.05, 0.1) is 12.1 Å². The number of hydrogen-bond acceptors (Lipinski definition) is 4. The second-order valence-electron chi connectivity index (χ2n) is 10.0. The van der Waals surface area contributed by atoms with Crippen LogP contribution >= 0.6 is 0 Å². The Labute approximate surface area is 248 Å². The number of carbonyl (C=O) groups excluding carboxylic acids is 2. The second kappa shape index (κ2) is 15.6. The van der Waals surface area contributed by atoms with E-state index in [1.54, 1.807) is 34.1 Å². The lowest BCUT2D eigenvalue weighted by Crippen LogP contribution is -2.35. The molecule has 0 radical (unpaired) electrons. The van der Waals surface area contributed by atoms with Crippen LogP contribution in [-0.4, -0.2) is 34.7 Å². The Kier molecular flexibility index (Phi) is 11.0. The van der Waals surface area contributed by atoms with Crippen molar-refractivity contribution in [2.75, 3.05) is 13.1 Å². The van der Waals surface area contributed by atoms with Crippen molar-refractivity contribution in [3.05, 3.63) is 144 Å². The van der Waals surface area contributed by atoms with Gasteiger partial charge < -0.3 is 9.80 Å². The van der Waals surface area contributed by atoms with Crippen molar-refractivity contribution < 1.29 is 9.59 Å². The van der Waals surface area contributed by atoms with Gasteiger partial charge in [-0.25, -0.2) is 0 Å². The fourth-order valence-corrected chi connectivity index (χ4v) is 5.03. The minimum atomic E-state index is -0.694. The molecule has 0 unspecified atom stereocenters. The van der Waals surface area contributed by atoms with Gasteiger partial charge >= 0.3 is 0 Å². The first-order valence-electron chi connectivity index (χ1n) is 14.2. The Morgan fingerprint density at radius 3 is 1.12 bits per heavy atom. The maximum atomic E-state index is 13.5. The smallest absolute Gasteiger partial charge is 0.255 e. The lowest BCUT2D eigenvalue weighted by molar-refractivity contribution is 0.0698. The van der Waals surface area contributed by atoms with Crippen molar-refractivity contribution in [3.63, 3.8) is 0 Å². The number of rotatable bonds is 13. The summed E-state index contributed by atoms with van der Waals surface area (Å²) in [6.07, 6.45) is 3.02. The number of carbonyl (C=O) groups is 2. The van der Waals surface area contributed by atoms with E-state index in [9.17, 15) is 20.1 Å². The van der Waals surface area contributed by atoms with E-state index in [0.29, 0.717) is 37.1 Å². The lowest BCUT2D eigenvalue weighted by Gasteiger charge is -2.29. The molecule has 4 aromatic carbocycles. The van der Waals surface area contributed by atoms with Crippen LogP contribution in [0.15, 0.2) is 121 Å². The molecule has 4 aromatic rings. The highest BCUT2D eigenvalue weighted by atomic mass is 16.2. The van der Waals surface area contributed by atoms with E-state index >= 15 is 0 Å². The topological polar surface area (TPSA) is 88.2 Å². The maximum Gasteiger partial charge on any atom is 0.255 e. The third kappa shape index (κ3) is 7.71. The summed E-state index contributed by atoms with van der Waals surface area (Å²) < 4.78 is 0. The minimum Gasteiger partial charge on any atom is -0.319 e. The van der Waals surface area contributed by atoms with Gasteiger partial charge in [-0.1, -0.05) is 110 Å². The average molecular weight is 555 g/mol. The van der Waals surface area contributed by atoms with Gasteiger partial charge in [0.15, 0.2) is 0 Å². The number of amides is 2. The fourth-order valence-electron chi connectivity index (χ4n) is 5.03. The summed E-state index contributed by atoms with van der Waals surface area (Å²) in [5, 5.41) is 20.1. The molecule has 6 nitrogen and oxygen atoms in total. The van der Waals surface area contributed by atoms with Crippen LogP contribution < -0.4 is 0 Å². The quantitative estimate of drug-likeness (QED) is 0.162. The molecular weight excluding hydrogens is 520 g/mol. The van der Waals surface area contributed by atoms with Gasteiger partial charge in [-0.15, -0.1) is 0 Å². The normalized spacial score (nSPS) is 11.9. The predicted octanol–water partition coefficient (Wildman–Crippen LogP) is 7.36. The highest BCUT2D eigenvalue weighted by molar-refractivity contribution is 5.95. The molecule has 0 saturated carbocycles. The molecule has 0 aliphatic carbocycles. The predicted molar refractivity (Wildman–Crippen MR) is 163 cm³/mol. The average Bonchev–Trinajstić information content (AvgIpc) is 3.06. The Hall–Kier alpha value is -5.20. The first-order valence-corrected chi connectivity index (χ1v) is 14.2. The fraction of sp³-hybridized carbons (Fsp3) is 0.222. The van der Waals surface area contributed by atoms with Gasteiger partial charge in [0.2, 0.25) is 0 Å². The molecule has 42 heavy (non-hydrogen) atoms. The van der Waals surface area contributed by atoms with Crippen LogP contribution in [0.2, 0.25) is 0 Å². The number of benzene rings is 4. The van der Waals surface area contributed by atoms with Crippen LogP contribution in [-0.2, 0) is 0 Å². The molecule has 0 N–H and O–H groups in total. The SMILES string of the molecule is N#C[C@H](c1ccccc1)N(CCCCCCN(C(=O)c1ccccc1)[C@H](C#N)c1ccccc1)C(=O)c1ccccc1. The molecule has 0 fully saturated rings. The van der Waals surface area contributed by atoms with Crippen LogP contribution in [0, 0.1) is 22.7 Å². The van der Waals surface area contributed by atoms with Crippen LogP contribution in [0.1, 0.15) is 69.6 Å². The van der Waals surface area contributed by atoms with Crippen molar-refractivity contribution in [1.82, 2.24) is 9.80 Å². The van der Waals surface area contributed by atoms with E-state index in [4.69, 9.17) is 0 Å². The summed E-state index contributed by atoms with van der Waals surface area (Å²) in [5.74, 6) is -0.351. The highest BCUT2D eigenvalue weighted by Crippen LogP contribution is 2.25. The zero-order valence-electron chi connectivity index (χ0n) is 23.5. The Balaban J connectivity index is 1.41. The summed E-state index contributed by atoms with van der Waals surface area (Å²) in [4.78, 5) is 30.3. The minimum absolute atomic E-state index is 0.176. The van der Waals surface area contributed by atoms with Crippen molar-refractivity contribution >= 4 is 11.8 Å². The summed E-state index contributed by atoms with van der Waals surface area (Å²) in [7, 11) is 0. The van der Waals surface area contributed by atoms with Crippen molar-refractivity contribution in [1.29, 1.82) is 10.5 Å². The molecule has 0 aromatic heterocycles. The summed E-state index contributed by atoms with van der Waals surface area (Å²) >= 11 is 0. The van der Waals surface area contributed by atoms with Crippen LogP contribution in [0.25, 0.3) is 0 Å². The van der Waals surface area contributed by atoms with E-state index < -0.39 is 12.1 Å². The zero-order chi connectivity index (χ0) is 29.6. The molecule has 2 amide bonds. The van der Waals surface area contributed by atoms with Crippen molar-refractivity contribution in [2.45, 2.75) is 37.8 Å². The van der Waals surface area contributed by atoms with Gasteiger partial charge in [0, 0.05) is 24.2 Å². The van der Waals surface area contributed by atoms with Crippen molar-refractivity contribution in [2.24, 2.45) is 0 Å². The summed E-state index contributed by atoms with van der Waals surface area (Å²) in [5.41, 5.74) is 2.66. The van der Waals surface area contributed by atoms with E-state index in [1.807, 2.05) is 97.1 Å². The van der Waals surface area contributed by atoms with Crippen LogP contribution in [0.4, 0.5) is 0 Å². The standard InChI is InChI=1S/C36H34N4O2/c37-27-33(29-17-7-3-8-18-29)39(35(41)31-21-11-5-12-22-31)25-15-1-2-16-26-40(36(42)32-23-13-6-14-24-32)34(28-38)30-19-9-4-10-20-30/h3-14,17-24,33-34H,1-2,15-16,25-26H2/t33-,34-/m1/s1. The number of unbranched alkanes of at least 4 members (excludes halogenated alkanes) is 3. The van der Waals surface area contributed by atoms with Gasteiger partial charge in [0.1, 0.15) is 12.1 Å². The largest absolute Gasteiger partial charge is 0.319 e. The molecule has 0 spiro atoms. The maximum absolute atomic E-state index is 13.5. The second-order valence-corrected chi connectivity index (χ2v) is 10.0. The van der Waals surface area contributed by atoms with Crippen LogP contribution in [0.5, 0.6) is 0 Å². The number of hydrogen-bond donors (Lipinski definition) is 0. The molecule has 6 heteroatoms. The third-order valence-corrected chi connectivity index (χ3v) is 7.21. The third-order valence-electron chi connectivity index (χ3n) is 7.21. The number of nitriles is 2. The van der Waals surface area contributed by atoms with Gasteiger partial charge in [0.25, 0.3) is 11.8 Å². The Morgan fingerprint density at radius 1 is 0.500 bits per heavy atom. The molecule has 0 aliphatic heterocycles. The molecule has 0 heterocycles. The Bertz CT molecular complexity index is 1380. The van der Waals surface area contributed by atoms with E-state index in [1.165, 1.54) is 0 Å². The molecule has 2 atom stereocenters. The van der Waals surface area contributed by atoms with E-state index in [2.05, 4.69) is 12.1 Å². The molecule has 0 aliphatic rings. The zero-order valence-corrected chi connectivity index (χ0v) is 23.5. The first-order chi connectivity index (χ1) is 20.6. The van der Waals surface area contributed by atoms with Crippen LogP contribution in [0.3, 0.4) is 0 Å². The van der Waals surface area contributed by atoms with E-state index in [-0.39, 0.29) is 11.8 Å². The lowest BCUT2D eigenvalue weighted by atomic mass is 10.0. The van der Waals surface area contributed by atoms with Gasteiger partial charge in [-0.2, -0.15) is 10.5 Å². The molecule has 0 bridgehead atoms. The summed E-state index contributed by atoms with van der Waals surface area (Å²) in [6, 6.07) is 40.1. The first kappa shape index (κ1) is 29.8. The van der Waals surface area contributed by atoms with Gasteiger partial charge in [-0.05, 0) is 48.2 Å². The molecule has 210 valence electrons. The molecule has 0 saturated heterocycles. The molecular formula is C36H34N4O2. The Morgan fingerprint density at radius 2 is 0.810 bits per heavy atom. The number of nitrogens with zero attached hydrogens (tertiary/aromatic N) is 4. The molecule has 4 rings (SSSR count).